The number of amides is 2. The maximum atomic E-state index is 12.7. The lowest BCUT2D eigenvalue weighted by molar-refractivity contribution is -0.137. The second-order valence-electron chi connectivity index (χ2n) is 6.18. The Morgan fingerprint density at radius 3 is 2.70 bits per heavy atom. The van der Waals surface area contributed by atoms with E-state index >= 15 is 0 Å². The van der Waals surface area contributed by atoms with Crippen molar-refractivity contribution in [3.8, 4) is 0 Å². The van der Waals surface area contributed by atoms with Crippen molar-refractivity contribution in [2.45, 2.75) is 32.2 Å². The fraction of sp³-hybridized carbons (Fsp3) is 0.500. The molecule has 0 aromatic carbocycles. The van der Waals surface area contributed by atoms with E-state index in [1.54, 1.807) is 18.3 Å². The van der Waals surface area contributed by atoms with Crippen LogP contribution in [0, 0.1) is 5.92 Å². The summed E-state index contributed by atoms with van der Waals surface area (Å²) in [5, 5.41) is 0. The molecule has 1 atom stereocenters. The van der Waals surface area contributed by atoms with Gasteiger partial charge in [-0.2, -0.15) is 0 Å². The Kier molecular flexibility index (Phi) is 4.74. The van der Waals surface area contributed by atoms with Gasteiger partial charge in [0.1, 0.15) is 5.69 Å². The van der Waals surface area contributed by atoms with Crippen LogP contribution in [-0.4, -0.2) is 52.3 Å². The predicted molar refractivity (Wildman–Crippen MR) is 87.8 cm³/mol. The second-order valence-corrected chi connectivity index (χ2v) is 6.18. The van der Waals surface area contributed by atoms with Crippen molar-refractivity contribution in [1.82, 2.24) is 14.8 Å². The van der Waals surface area contributed by atoms with Crippen LogP contribution in [0.5, 0.6) is 0 Å². The van der Waals surface area contributed by atoms with E-state index in [0.29, 0.717) is 18.8 Å². The van der Waals surface area contributed by atoms with Gasteiger partial charge in [-0.05, 0) is 31.4 Å². The summed E-state index contributed by atoms with van der Waals surface area (Å²) in [6.07, 6.45) is 8.27. The van der Waals surface area contributed by atoms with Gasteiger partial charge in [-0.3, -0.25) is 14.6 Å². The fourth-order valence-electron chi connectivity index (χ4n) is 3.40. The maximum Gasteiger partial charge on any atom is 0.272 e. The molecule has 5 heteroatoms. The van der Waals surface area contributed by atoms with Crippen molar-refractivity contribution in [3.63, 3.8) is 0 Å². The molecule has 3 rings (SSSR count). The molecule has 1 saturated heterocycles. The lowest BCUT2D eigenvalue weighted by Gasteiger charge is -2.34. The first kappa shape index (κ1) is 15.7. The lowest BCUT2D eigenvalue weighted by atomic mass is 9.94. The van der Waals surface area contributed by atoms with E-state index < -0.39 is 0 Å². The van der Waals surface area contributed by atoms with E-state index in [-0.39, 0.29) is 23.8 Å². The monoisotopic (exact) mass is 313 g/mol. The Morgan fingerprint density at radius 2 is 2.04 bits per heavy atom. The van der Waals surface area contributed by atoms with E-state index in [1.165, 1.54) is 0 Å². The number of nitrogens with zero attached hydrogens (tertiary/aromatic N) is 3. The molecule has 3 heterocycles. The normalized spacial score (nSPS) is 21.7. The van der Waals surface area contributed by atoms with Crippen LogP contribution in [0.2, 0.25) is 0 Å². The average Bonchev–Trinajstić information content (AvgIpc) is 3.10. The van der Waals surface area contributed by atoms with Crippen LogP contribution in [0.25, 0.3) is 0 Å². The highest BCUT2D eigenvalue weighted by Crippen LogP contribution is 2.24. The summed E-state index contributed by atoms with van der Waals surface area (Å²) < 4.78 is 0. The summed E-state index contributed by atoms with van der Waals surface area (Å²) in [5.74, 6) is 0.245. The van der Waals surface area contributed by atoms with Gasteiger partial charge < -0.3 is 9.80 Å². The summed E-state index contributed by atoms with van der Waals surface area (Å²) in [6, 6.07) is 5.61. The van der Waals surface area contributed by atoms with Crippen molar-refractivity contribution in [1.29, 1.82) is 0 Å². The smallest absolute Gasteiger partial charge is 0.272 e. The van der Waals surface area contributed by atoms with Crippen LogP contribution in [0.1, 0.15) is 36.7 Å². The van der Waals surface area contributed by atoms with Gasteiger partial charge in [0.2, 0.25) is 5.91 Å². The van der Waals surface area contributed by atoms with Crippen molar-refractivity contribution in [3.05, 3.63) is 42.2 Å². The zero-order valence-electron chi connectivity index (χ0n) is 13.5. The van der Waals surface area contributed by atoms with Gasteiger partial charge >= 0.3 is 0 Å². The average molecular weight is 313 g/mol. The summed E-state index contributed by atoms with van der Waals surface area (Å²) >= 11 is 0. The van der Waals surface area contributed by atoms with E-state index in [2.05, 4.69) is 24.1 Å². The number of hydrogen-bond donors (Lipinski definition) is 0. The Morgan fingerprint density at radius 1 is 1.26 bits per heavy atom. The van der Waals surface area contributed by atoms with E-state index in [9.17, 15) is 9.59 Å². The topological polar surface area (TPSA) is 53.5 Å². The van der Waals surface area contributed by atoms with Gasteiger partial charge in [-0.1, -0.05) is 25.1 Å². The van der Waals surface area contributed by atoms with Crippen LogP contribution in [-0.2, 0) is 4.79 Å². The molecule has 122 valence electrons. The Bertz CT molecular complexity index is 592. The summed E-state index contributed by atoms with van der Waals surface area (Å²) in [6.45, 7) is 4.09. The molecule has 1 aromatic heterocycles. The third-order valence-electron chi connectivity index (χ3n) is 4.78. The number of pyridine rings is 1. The second kappa shape index (κ2) is 6.94. The van der Waals surface area contributed by atoms with Gasteiger partial charge in [-0.25, -0.2) is 0 Å². The molecule has 1 unspecified atom stereocenters. The quantitative estimate of drug-likeness (QED) is 0.803. The van der Waals surface area contributed by atoms with Crippen LogP contribution < -0.4 is 0 Å². The molecule has 2 aliphatic heterocycles. The van der Waals surface area contributed by atoms with Gasteiger partial charge in [0.15, 0.2) is 0 Å². The molecule has 1 aromatic rings. The Labute approximate surface area is 137 Å². The Balaban J connectivity index is 1.56. The van der Waals surface area contributed by atoms with Crippen LogP contribution in [0.4, 0.5) is 0 Å². The van der Waals surface area contributed by atoms with Crippen molar-refractivity contribution >= 4 is 11.8 Å². The molecule has 0 N–H and O–H groups in total. The van der Waals surface area contributed by atoms with Crippen molar-refractivity contribution < 1.29 is 9.59 Å². The minimum absolute atomic E-state index is 0.0363. The van der Waals surface area contributed by atoms with Crippen molar-refractivity contribution in [2.75, 3.05) is 19.6 Å². The summed E-state index contributed by atoms with van der Waals surface area (Å²) in [4.78, 5) is 33.0. The highest BCUT2D eigenvalue weighted by atomic mass is 16.2. The number of aromatic nitrogens is 1. The molecule has 0 saturated carbocycles. The van der Waals surface area contributed by atoms with Gasteiger partial charge in [0, 0.05) is 31.7 Å². The summed E-state index contributed by atoms with van der Waals surface area (Å²) in [7, 11) is 0. The minimum Gasteiger partial charge on any atom is -0.337 e. The Hall–Kier alpha value is -2.17. The molecular formula is C18H23N3O2. The molecular weight excluding hydrogens is 290 g/mol. The molecule has 0 bridgehead atoms. The third kappa shape index (κ3) is 3.28. The van der Waals surface area contributed by atoms with Gasteiger partial charge in [0.05, 0.1) is 6.04 Å². The standard InChI is InChI=1S/C18H23N3O2/c1-2-15-6-5-11-21(15)17(22)14-8-12-20(13-9-14)18(23)16-7-3-4-10-19-16/h3-7,10,14-15H,2,8-9,11-13H2,1H3. The highest BCUT2D eigenvalue weighted by Gasteiger charge is 2.33. The molecule has 0 spiro atoms. The molecule has 0 aliphatic carbocycles. The van der Waals surface area contributed by atoms with Gasteiger partial charge in [0.25, 0.3) is 5.91 Å². The molecule has 2 aliphatic rings. The van der Waals surface area contributed by atoms with Crippen LogP contribution in [0.3, 0.4) is 0 Å². The predicted octanol–water partition coefficient (Wildman–Crippen LogP) is 2.11. The van der Waals surface area contributed by atoms with E-state index in [1.807, 2.05) is 15.9 Å². The first-order chi connectivity index (χ1) is 11.2. The number of likely N-dealkylation sites (tertiary alicyclic amines) is 1. The molecule has 1 fully saturated rings. The first-order valence-electron chi connectivity index (χ1n) is 8.38. The first-order valence-corrected chi connectivity index (χ1v) is 8.38. The number of piperidine rings is 1. The largest absolute Gasteiger partial charge is 0.337 e. The lowest BCUT2D eigenvalue weighted by Crippen LogP contribution is -2.46. The number of hydrogen-bond acceptors (Lipinski definition) is 3. The maximum absolute atomic E-state index is 12.7. The van der Waals surface area contributed by atoms with Crippen LogP contribution in [0.15, 0.2) is 36.5 Å². The SMILES string of the molecule is CCC1C=CCN1C(=O)C1CCN(C(=O)c2ccccn2)CC1. The van der Waals surface area contributed by atoms with E-state index in [0.717, 1.165) is 25.8 Å². The molecule has 5 nitrogen and oxygen atoms in total. The number of carbonyl (C=O) groups excluding carboxylic acids is 2. The van der Waals surface area contributed by atoms with Gasteiger partial charge in [-0.15, -0.1) is 0 Å². The molecule has 0 radical (unpaired) electrons. The summed E-state index contributed by atoms with van der Waals surface area (Å²) in [5.41, 5.74) is 0.479. The van der Waals surface area contributed by atoms with Crippen molar-refractivity contribution in [2.24, 2.45) is 5.92 Å². The highest BCUT2D eigenvalue weighted by molar-refractivity contribution is 5.92. The van der Waals surface area contributed by atoms with E-state index in [4.69, 9.17) is 0 Å². The number of carbonyl (C=O) groups is 2. The van der Waals surface area contributed by atoms with Crippen LogP contribution >= 0.6 is 0 Å². The fourth-order valence-corrected chi connectivity index (χ4v) is 3.40. The number of rotatable bonds is 3. The third-order valence-corrected chi connectivity index (χ3v) is 4.78. The molecule has 23 heavy (non-hydrogen) atoms. The zero-order valence-corrected chi connectivity index (χ0v) is 13.5. The minimum atomic E-state index is -0.0363. The zero-order chi connectivity index (χ0) is 16.2. The molecule has 2 amide bonds.